The molecule has 0 nitrogen and oxygen atoms in total. The van der Waals surface area contributed by atoms with Gasteiger partial charge < -0.3 is 0 Å². The summed E-state index contributed by atoms with van der Waals surface area (Å²) < 4.78 is 0. The Bertz CT molecular complexity index is 1460. The van der Waals surface area contributed by atoms with Gasteiger partial charge in [-0.2, -0.15) is 0 Å². The first-order valence-corrected chi connectivity index (χ1v) is 11.7. The smallest absolute Gasteiger partial charge is 0.00202 e. The van der Waals surface area contributed by atoms with Gasteiger partial charge in [0.15, 0.2) is 0 Å². The van der Waals surface area contributed by atoms with Crippen molar-refractivity contribution in [2.24, 2.45) is 0 Å². The molecule has 0 spiro atoms. The Morgan fingerprint density at radius 1 is 0.467 bits per heavy atom. The van der Waals surface area contributed by atoms with E-state index in [1.807, 2.05) is 0 Å². The number of rotatable bonds is 3. The highest BCUT2D eigenvalue weighted by Crippen LogP contribution is 2.40. The summed E-state index contributed by atoms with van der Waals surface area (Å²) in [6.07, 6.45) is 0. The molecule has 0 aliphatic rings. The molecule has 0 amide bonds. The minimum atomic E-state index is -0.636. The molecular weight excluding hydrogens is 379 g/mol. The molecule has 1 unspecified atom stereocenters. The van der Waals surface area contributed by atoms with Crippen molar-refractivity contribution < 1.29 is 0 Å². The molecule has 0 aliphatic heterocycles. The molecule has 1 atom stereocenters. The summed E-state index contributed by atoms with van der Waals surface area (Å²) in [5, 5.41) is 12.4. The Morgan fingerprint density at radius 3 is 1.80 bits per heavy atom. The second-order valence-corrected chi connectivity index (χ2v) is 10.1. The Balaban J connectivity index is 1.71. The van der Waals surface area contributed by atoms with Crippen LogP contribution in [0.15, 0.2) is 109 Å². The van der Waals surface area contributed by atoms with Crippen LogP contribution in [-0.4, -0.2) is 0 Å². The minimum Gasteiger partial charge on any atom is -0.0622 e. The normalized spacial score (nSPS) is 12.7. The van der Waals surface area contributed by atoms with Gasteiger partial charge in [-0.05, 0) is 63.1 Å². The Kier molecular flexibility index (Phi) is 4.08. The van der Waals surface area contributed by atoms with Gasteiger partial charge in [-0.25, -0.2) is 0 Å². The van der Waals surface area contributed by atoms with Crippen LogP contribution in [0.5, 0.6) is 0 Å². The van der Waals surface area contributed by atoms with Crippen molar-refractivity contribution in [3.8, 4) is 0 Å². The molecule has 0 saturated heterocycles. The zero-order valence-corrected chi connectivity index (χ0v) is 17.7. The molecule has 0 fully saturated rings. The van der Waals surface area contributed by atoms with Gasteiger partial charge in [0, 0.05) is 0 Å². The fourth-order valence-corrected chi connectivity index (χ4v) is 7.04. The number of hydrogen-bond donors (Lipinski definition) is 0. The first-order chi connectivity index (χ1) is 14.8. The van der Waals surface area contributed by atoms with E-state index in [0.29, 0.717) is 0 Å². The van der Waals surface area contributed by atoms with Crippen LogP contribution in [0, 0.1) is 6.92 Å². The second kappa shape index (κ2) is 6.94. The molecule has 0 radical (unpaired) electrons. The fraction of sp³-hybridized carbons (Fsp3) is 0.0345. The molecular formula is C29H21P. The quantitative estimate of drug-likeness (QED) is 0.230. The van der Waals surface area contributed by atoms with Gasteiger partial charge >= 0.3 is 0 Å². The van der Waals surface area contributed by atoms with Crippen molar-refractivity contribution in [1.29, 1.82) is 0 Å². The van der Waals surface area contributed by atoms with Gasteiger partial charge in [0.2, 0.25) is 0 Å². The van der Waals surface area contributed by atoms with Crippen LogP contribution in [0.3, 0.4) is 0 Å². The first-order valence-electron chi connectivity index (χ1n) is 10.4. The molecule has 1 heteroatoms. The third kappa shape index (κ3) is 2.72. The maximum atomic E-state index is 2.36. The number of hydrogen-bond acceptors (Lipinski definition) is 0. The van der Waals surface area contributed by atoms with E-state index < -0.39 is 7.92 Å². The lowest BCUT2D eigenvalue weighted by Gasteiger charge is -2.23. The van der Waals surface area contributed by atoms with E-state index in [1.165, 1.54) is 53.8 Å². The molecule has 0 N–H and O–H groups in total. The fourth-order valence-electron chi connectivity index (χ4n) is 4.61. The maximum Gasteiger partial charge on any atom is -0.00202 e. The van der Waals surface area contributed by atoms with Crippen molar-refractivity contribution in [3.05, 3.63) is 115 Å². The predicted molar refractivity (Wildman–Crippen MR) is 134 cm³/mol. The summed E-state index contributed by atoms with van der Waals surface area (Å²) >= 11 is 0. The van der Waals surface area contributed by atoms with E-state index in [1.54, 1.807) is 0 Å². The molecule has 0 aliphatic carbocycles. The van der Waals surface area contributed by atoms with Gasteiger partial charge in [-0.1, -0.05) is 115 Å². The van der Waals surface area contributed by atoms with Crippen LogP contribution in [0.25, 0.3) is 32.3 Å². The standard InChI is InChI=1S/C29H21P/c1-20-10-16-25(17-11-20)30(24-8-3-2-4-9-24)27-19-15-23-13-12-21-6-5-7-22-14-18-26(27)29(23)28(21)22/h2-19H,1H3. The van der Waals surface area contributed by atoms with E-state index in [-0.39, 0.29) is 0 Å². The highest BCUT2D eigenvalue weighted by atomic mass is 31.1. The molecule has 6 aromatic carbocycles. The van der Waals surface area contributed by atoms with Crippen LogP contribution in [0.4, 0.5) is 0 Å². The predicted octanol–water partition coefficient (Wildman–Crippen LogP) is 6.65. The Labute approximate surface area is 177 Å². The second-order valence-electron chi connectivity index (χ2n) is 7.95. The monoisotopic (exact) mass is 400 g/mol. The lowest BCUT2D eigenvalue weighted by Crippen LogP contribution is -2.21. The van der Waals surface area contributed by atoms with Crippen molar-refractivity contribution in [2.45, 2.75) is 6.92 Å². The summed E-state index contributed by atoms with van der Waals surface area (Å²) in [4.78, 5) is 0. The van der Waals surface area contributed by atoms with Crippen molar-refractivity contribution in [1.82, 2.24) is 0 Å². The van der Waals surface area contributed by atoms with Gasteiger partial charge in [0.05, 0.1) is 0 Å². The van der Waals surface area contributed by atoms with Gasteiger partial charge in [0.1, 0.15) is 0 Å². The summed E-state index contributed by atoms with van der Waals surface area (Å²) in [5.41, 5.74) is 1.30. The molecule has 0 bridgehead atoms. The van der Waals surface area contributed by atoms with Gasteiger partial charge in [0.25, 0.3) is 0 Å². The van der Waals surface area contributed by atoms with E-state index in [4.69, 9.17) is 0 Å². The summed E-state index contributed by atoms with van der Waals surface area (Å²) in [7, 11) is -0.636. The highest BCUT2D eigenvalue weighted by molar-refractivity contribution is 7.80. The summed E-state index contributed by atoms with van der Waals surface area (Å²) in [6.45, 7) is 2.16. The molecule has 6 aromatic rings. The van der Waals surface area contributed by atoms with Gasteiger partial charge in [-0.15, -0.1) is 0 Å². The molecule has 6 rings (SSSR count). The van der Waals surface area contributed by atoms with Crippen LogP contribution in [0.1, 0.15) is 5.56 Å². The summed E-state index contributed by atoms with van der Waals surface area (Å²) in [6, 6.07) is 40.5. The van der Waals surface area contributed by atoms with E-state index in [0.717, 1.165) is 0 Å². The molecule has 142 valence electrons. The zero-order valence-electron chi connectivity index (χ0n) is 16.8. The van der Waals surface area contributed by atoms with Crippen LogP contribution >= 0.6 is 7.92 Å². The zero-order chi connectivity index (χ0) is 20.1. The lowest BCUT2D eigenvalue weighted by molar-refractivity contribution is 1.49. The largest absolute Gasteiger partial charge is 0.0622 e. The van der Waals surface area contributed by atoms with E-state index >= 15 is 0 Å². The van der Waals surface area contributed by atoms with Crippen LogP contribution in [0.2, 0.25) is 0 Å². The SMILES string of the molecule is Cc1ccc(P(c2ccccc2)c2ccc3ccc4cccc5ccc2c3c45)cc1. The molecule has 30 heavy (non-hydrogen) atoms. The van der Waals surface area contributed by atoms with Crippen molar-refractivity contribution >= 4 is 56.2 Å². The van der Waals surface area contributed by atoms with Crippen LogP contribution in [-0.2, 0) is 0 Å². The van der Waals surface area contributed by atoms with Crippen molar-refractivity contribution in [2.75, 3.05) is 0 Å². The summed E-state index contributed by atoms with van der Waals surface area (Å²) in [5.74, 6) is 0. The van der Waals surface area contributed by atoms with E-state index in [2.05, 4.69) is 116 Å². The average molecular weight is 400 g/mol. The number of aryl methyl sites for hydroxylation is 1. The Hall–Kier alpha value is -3.21. The Morgan fingerprint density at radius 2 is 1.07 bits per heavy atom. The average Bonchev–Trinajstić information content (AvgIpc) is 2.80. The minimum absolute atomic E-state index is 0.636. The first kappa shape index (κ1) is 17.6. The highest BCUT2D eigenvalue weighted by Gasteiger charge is 2.20. The third-order valence-electron chi connectivity index (χ3n) is 6.05. The lowest BCUT2D eigenvalue weighted by atomic mass is 9.94. The van der Waals surface area contributed by atoms with Crippen LogP contribution < -0.4 is 15.9 Å². The molecule has 0 saturated carbocycles. The topological polar surface area (TPSA) is 0 Å². The van der Waals surface area contributed by atoms with E-state index in [9.17, 15) is 0 Å². The maximum absolute atomic E-state index is 2.36. The van der Waals surface area contributed by atoms with Crippen molar-refractivity contribution in [3.63, 3.8) is 0 Å². The molecule has 0 aromatic heterocycles. The number of benzene rings is 6. The third-order valence-corrected chi connectivity index (χ3v) is 8.55. The molecule has 0 heterocycles. The van der Waals surface area contributed by atoms with Gasteiger partial charge in [-0.3, -0.25) is 0 Å².